The third-order valence-corrected chi connectivity index (χ3v) is 4.15. The molecule has 0 radical (unpaired) electrons. The molecule has 0 fully saturated rings. The molecular weight excluding hydrogens is 274 g/mol. The minimum Gasteiger partial charge on any atom is -0.497 e. The second-order valence-electron chi connectivity index (χ2n) is 5.81. The van der Waals surface area contributed by atoms with E-state index in [1.807, 2.05) is 18.2 Å². The average molecular weight is 296 g/mol. The van der Waals surface area contributed by atoms with Gasteiger partial charge < -0.3 is 14.2 Å². The number of imidazole rings is 1. The Labute approximate surface area is 125 Å². The normalized spacial score (nSPS) is 12.3. The van der Waals surface area contributed by atoms with Crippen LogP contribution in [0.25, 0.3) is 11.0 Å². The van der Waals surface area contributed by atoms with Crippen molar-refractivity contribution in [2.24, 2.45) is 0 Å². The lowest BCUT2D eigenvalue weighted by Gasteiger charge is -2.33. The fraction of sp³-hybridized carbons (Fsp3) is 0.533. The van der Waals surface area contributed by atoms with E-state index in [1.54, 1.807) is 7.11 Å². The first kappa shape index (κ1) is 15.1. The van der Waals surface area contributed by atoms with Crippen LogP contribution in [0.5, 0.6) is 5.75 Å². The molecule has 0 N–H and O–H groups in total. The van der Waals surface area contributed by atoms with Crippen LogP contribution in [0, 0.1) is 0 Å². The fourth-order valence-electron chi connectivity index (χ4n) is 2.09. The first-order chi connectivity index (χ1) is 9.39. The minimum atomic E-state index is 0.0114. The molecule has 0 saturated heterocycles. The van der Waals surface area contributed by atoms with Gasteiger partial charge in [0, 0.05) is 18.2 Å². The third kappa shape index (κ3) is 2.76. The topological polar surface area (TPSA) is 30.3 Å². The summed E-state index contributed by atoms with van der Waals surface area (Å²) in [5.74, 6) is 2.13. The summed E-state index contributed by atoms with van der Waals surface area (Å²) in [6.45, 7) is 5.24. The summed E-state index contributed by atoms with van der Waals surface area (Å²) >= 11 is 6.06. The largest absolute Gasteiger partial charge is 0.497 e. The minimum absolute atomic E-state index is 0.0114. The third-order valence-electron chi connectivity index (χ3n) is 3.91. The van der Waals surface area contributed by atoms with Gasteiger partial charge in [0.2, 0.25) is 0 Å². The lowest BCUT2D eigenvalue weighted by atomic mass is 10.0. The number of methoxy groups -OCH3 is 1. The summed E-state index contributed by atoms with van der Waals surface area (Å²) in [4.78, 5) is 6.81. The number of rotatable bonds is 5. The van der Waals surface area contributed by atoms with E-state index in [2.05, 4.69) is 42.4 Å². The number of benzene rings is 1. The molecule has 0 atom stereocenters. The second kappa shape index (κ2) is 5.62. The maximum atomic E-state index is 6.06. The van der Waals surface area contributed by atoms with Gasteiger partial charge >= 0.3 is 0 Å². The maximum Gasteiger partial charge on any atom is 0.124 e. The van der Waals surface area contributed by atoms with Gasteiger partial charge in [-0.3, -0.25) is 0 Å². The number of fused-ring (bicyclic) bond motifs is 1. The molecule has 0 aliphatic carbocycles. The summed E-state index contributed by atoms with van der Waals surface area (Å²) in [6, 6.07) is 5.92. The van der Waals surface area contributed by atoms with Crippen LogP contribution < -0.4 is 4.74 Å². The Morgan fingerprint density at radius 1 is 1.35 bits per heavy atom. The average Bonchev–Trinajstić information content (AvgIpc) is 2.75. The van der Waals surface area contributed by atoms with Crippen molar-refractivity contribution in [1.29, 1.82) is 0 Å². The smallest absolute Gasteiger partial charge is 0.124 e. The van der Waals surface area contributed by atoms with E-state index in [1.165, 1.54) is 0 Å². The number of hydrogen-bond acceptors (Lipinski definition) is 3. The zero-order valence-corrected chi connectivity index (χ0v) is 13.5. The molecular formula is C15H22ClN3O. The maximum absolute atomic E-state index is 6.06. The number of nitrogens with zero attached hydrogens (tertiary/aromatic N) is 3. The molecule has 110 valence electrons. The van der Waals surface area contributed by atoms with E-state index in [0.717, 1.165) is 29.2 Å². The first-order valence-electron chi connectivity index (χ1n) is 6.65. The molecule has 0 unspecified atom stereocenters. The van der Waals surface area contributed by atoms with Crippen LogP contribution in [0.4, 0.5) is 0 Å². The highest BCUT2D eigenvalue weighted by Crippen LogP contribution is 2.25. The van der Waals surface area contributed by atoms with Crippen molar-refractivity contribution in [2.45, 2.75) is 31.8 Å². The number of halogens is 1. The zero-order valence-electron chi connectivity index (χ0n) is 12.8. The molecule has 1 aromatic heterocycles. The van der Waals surface area contributed by atoms with Crippen molar-refractivity contribution in [3.05, 3.63) is 24.0 Å². The summed E-state index contributed by atoms with van der Waals surface area (Å²) in [6.07, 6.45) is 0. The van der Waals surface area contributed by atoms with Crippen molar-refractivity contribution >= 4 is 22.6 Å². The molecule has 0 amide bonds. The Bertz CT molecular complexity index is 604. The molecule has 2 aromatic rings. The van der Waals surface area contributed by atoms with Crippen LogP contribution in [0.2, 0.25) is 0 Å². The molecule has 0 aliphatic rings. The summed E-state index contributed by atoms with van der Waals surface area (Å²) in [5, 5.41) is 0. The van der Waals surface area contributed by atoms with E-state index < -0.39 is 0 Å². The Hall–Kier alpha value is -1.26. The number of alkyl halides is 1. The van der Waals surface area contributed by atoms with Crippen molar-refractivity contribution in [3.63, 3.8) is 0 Å². The van der Waals surface area contributed by atoms with Crippen LogP contribution in [-0.4, -0.2) is 41.2 Å². The van der Waals surface area contributed by atoms with Crippen molar-refractivity contribution < 1.29 is 4.74 Å². The van der Waals surface area contributed by atoms with Gasteiger partial charge in [-0.15, -0.1) is 11.6 Å². The first-order valence-corrected chi connectivity index (χ1v) is 7.19. The van der Waals surface area contributed by atoms with Crippen LogP contribution in [0.1, 0.15) is 19.7 Å². The van der Waals surface area contributed by atoms with Gasteiger partial charge in [0.15, 0.2) is 0 Å². The molecule has 0 bridgehead atoms. The molecule has 20 heavy (non-hydrogen) atoms. The van der Waals surface area contributed by atoms with Crippen molar-refractivity contribution in [2.75, 3.05) is 21.2 Å². The Morgan fingerprint density at radius 2 is 2.05 bits per heavy atom. The van der Waals surface area contributed by atoms with Crippen LogP contribution in [0.3, 0.4) is 0 Å². The second-order valence-corrected chi connectivity index (χ2v) is 6.08. The predicted octanol–water partition coefficient (Wildman–Crippen LogP) is 3.12. The van der Waals surface area contributed by atoms with Crippen LogP contribution in [0.15, 0.2) is 18.2 Å². The SMILES string of the molecule is COc1ccc2nc(CCl)n(CC(C)(C)N(C)C)c2c1. The lowest BCUT2D eigenvalue weighted by molar-refractivity contribution is 0.170. The summed E-state index contributed by atoms with van der Waals surface area (Å²) in [5.41, 5.74) is 2.03. The highest BCUT2D eigenvalue weighted by molar-refractivity contribution is 6.16. The van der Waals surface area contributed by atoms with E-state index in [0.29, 0.717) is 5.88 Å². The van der Waals surface area contributed by atoms with Gasteiger partial charge in [0.05, 0.1) is 24.0 Å². The number of ether oxygens (including phenoxy) is 1. The van der Waals surface area contributed by atoms with Crippen molar-refractivity contribution in [3.8, 4) is 5.75 Å². The highest BCUT2D eigenvalue weighted by atomic mass is 35.5. The number of likely N-dealkylation sites (N-methyl/N-ethyl adjacent to an activating group) is 1. The zero-order chi connectivity index (χ0) is 14.9. The molecule has 0 aliphatic heterocycles. The molecule has 1 heterocycles. The van der Waals surface area contributed by atoms with Gasteiger partial charge in [-0.1, -0.05) is 0 Å². The van der Waals surface area contributed by atoms with Gasteiger partial charge in [0.25, 0.3) is 0 Å². The Kier molecular flexibility index (Phi) is 4.25. The van der Waals surface area contributed by atoms with Crippen molar-refractivity contribution in [1.82, 2.24) is 14.5 Å². The molecule has 5 heteroatoms. The molecule has 2 rings (SSSR count). The van der Waals surface area contributed by atoms with E-state index in [4.69, 9.17) is 16.3 Å². The highest BCUT2D eigenvalue weighted by Gasteiger charge is 2.24. The molecule has 0 spiro atoms. The Morgan fingerprint density at radius 3 is 2.60 bits per heavy atom. The van der Waals surface area contributed by atoms with Gasteiger partial charge in [-0.2, -0.15) is 0 Å². The lowest BCUT2D eigenvalue weighted by Crippen LogP contribution is -2.42. The van der Waals surface area contributed by atoms with Crippen LogP contribution >= 0.6 is 11.6 Å². The van der Waals surface area contributed by atoms with Gasteiger partial charge in [-0.25, -0.2) is 4.98 Å². The number of hydrogen-bond donors (Lipinski definition) is 0. The van der Waals surface area contributed by atoms with Gasteiger partial charge in [0.1, 0.15) is 11.6 Å². The van der Waals surface area contributed by atoms with E-state index >= 15 is 0 Å². The standard InChI is InChI=1S/C15H22ClN3O/c1-15(2,18(3)4)10-19-13-8-11(20-5)6-7-12(13)17-14(19)9-16/h6-8H,9-10H2,1-5H3. The summed E-state index contributed by atoms with van der Waals surface area (Å²) < 4.78 is 7.50. The fourth-order valence-corrected chi connectivity index (χ4v) is 2.29. The monoisotopic (exact) mass is 295 g/mol. The number of aromatic nitrogens is 2. The molecule has 0 saturated carbocycles. The van der Waals surface area contributed by atoms with Gasteiger partial charge in [-0.05, 0) is 40.1 Å². The quantitative estimate of drug-likeness (QED) is 0.794. The molecule has 4 nitrogen and oxygen atoms in total. The van der Waals surface area contributed by atoms with E-state index in [9.17, 15) is 0 Å². The van der Waals surface area contributed by atoms with Crippen LogP contribution in [-0.2, 0) is 12.4 Å². The predicted molar refractivity (Wildman–Crippen MR) is 83.6 cm³/mol. The van der Waals surface area contributed by atoms with E-state index in [-0.39, 0.29) is 5.54 Å². The summed E-state index contributed by atoms with van der Waals surface area (Å²) in [7, 11) is 5.84. The Balaban J connectivity index is 2.54. The molecule has 1 aromatic carbocycles.